The molecule has 0 spiro atoms. The molecule has 0 aromatic heterocycles. The smallest absolute Gasteiger partial charge is 0.126 e. The SMILES string of the molecule is CC(C)N1CCC(O)(Cc2cc(Cl)cc3c2OCC3)CC1. The summed E-state index contributed by atoms with van der Waals surface area (Å²) < 4.78 is 5.75. The van der Waals surface area contributed by atoms with E-state index in [0.717, 1.165) is 55.3 Å². The van der Waals surface area contributed by atoms with Gasteiger partial charge in [-0.25, -0.2) is 0 Å². The monoisotopic (exact) mass is 309 g/mol. The fraction of sp³-hybridized carbons (Fsp3) is 0.647. The first-order valence-electron chi connectivity index (χ1n) is 7.87. The molecule has 1 aromatic rings. The molecule has 1 N–H and O–H groups in total. The van der Waals surface area contributed by atoms with Crippen LogP contribution in [0, 0.1) is 0 Å². The quantitative estimate of drug-likeness (QED) is 0.931. The van der Waals surface area contributed by atoms with Gasteiger partial charge in [0.15, 0.2) is 0 Å². The van der Waals surface area contributed by atoms with E-state index in [1.165, 1.54) is 5.56 Å². The molecule has 0 atom stereocenters. The maximum absolute atomic E-state index is 10.9. The zero-order valence-electron chi connectivity index (χ0n) is 12.9. The number of piperidine rings is 1. The number of fused-ring (bicyclic) bond motifs is 1. The van der Waals surface area contributed by atoms with Crippen LogP contribution in [-0.2, 0) is 12.8 Å². The number of aliphatic hydroxyl groups is 1. The minimum atomic E-state index is -0.629. The molecule has 2 aliphatic heterocycles. The van der Waals surface area contributed by atoms with Crippen LogP contribution >= 0.6 is 11.6 Å². The lowest BCUT2D eigenvalue weighted by atomic mass is 9.84. The highest BCUT2D eigenvalue weighted by Gasteiger charge is 2.34. The van der Waals surface area contributed by atoms with Gasteiger partial charge in [-0.05, 0) is 49.9 Å². The van der Waals surface area contributed by atoms with Crippen LogP contribution in [-0.4, -0.2) is 41.3 Å². The average Bonchev–Trinajstić information content (AvgIpc) is 2.87. The van der Waals surface area contributed by atoms with Crippen LogP contribution in [0.2, 0.25) is 5.02 Å². The largest absolute Gasteiger partial charge is 0.493 e. The number of likely N-dealkylation sites (tertiary alicyclic amines) is 1. The molecule has 4 heteroatoms. The fourth-order valence-electron chi connectivity index (χ4n) is 3.47. The molecule has 0 saturated carbocycles. The summed E-state index contributed by atoms with van der Waals surface area (Å²) in [6.45, 7) is 7.06. The first kappa shape index (κ1) is 15.1. The second-order valence-electron chi connectivity index (χ2n) is 6.68. The molecule has 0 unspecified atom stereocenters. The molecule has 0 radical (unpaired) electrons. The zero-order chi connectivity index (χ0) is 15.0. The Bertz CT molecular complexity index is 522. The number of benzene rings is 1. The molecular formula is C17H24ClNO2. The summed E-state index contributed by atoms with van der Waals surface area (Å²) in [4.78, 5) is 2.42. The van der Waals surface area contributed by atoms with Crippen molar-refractivity contribution in [2.45, 2.75) is 51.2 Å². The first-order valence-corrected chi connectivity index (χ1v) is 8.25. The molecule has 0 bridgehead atoms. The third-order valence-corrected chi connectivity index (χ3v) is 5.02. The van der Waals surface area contributed by atoms with Gasteiger partial charge in [-0.2, -0.15) is 0 Å². The molecule has 0 aliphatic carbocycles. The minimum Gasteiger partial charge on any atom is -0.493 e. The molecule has 116 valence electrons. The van der Waals surface area contributed by atoms with Crippen molar-refractivity contribution in [3.8, 4) is 5.75 Å². The molecule has 0 amide bonds. The molecule has 2 aliphatic rings. The summed E-state index contributed by atoms with van der Waals surface area (Å²) in [6, 6.07) is 4.49. The summed E-state index contributed by atoms with van der Waals surface area (Å²) in [5, 5.41) is 11.7. The van der Waals surface area contributed by atoms with Crippen molar-refractivity contribution in [2.24, 2.45) is 0 Å². The number of ether oxygens (including phenoxy) is 1. The Morgan fingerprint density at radius 2 is 2.05 bits per heavy atom. The van der Waals surface area contributed by atoms with Crippen molar-refractivity contribution in [1.82, 2.24) is 4.90 Å². The van der Waals surface area contributed by atoms with Gasteiger partial charge >= 0.3 is 0 Å². The van der Waals surface area contributed by atoms with Crippen LogP contribution in [0.3, 0.4) is 0 Å². The molecular weight excluding hydrogens is 286 g/mol. The summed E-state index contributed by atoms with van der Waals surface area (Å²) in [5.74, 6) is 0.958. The summed E-state index contributed by atoms with van der Waals surface area (Å²) in [5.41, 5.74) is 1.62. The topological polar surface area (TPSA) is 32.7 Å². The summed E-state index contributed by atoms with van der Waals surface area (Å²) in [6.07, 6.45) is 3.18. The van der Waals surface area contributed by atoms with E-state index in [-0.39, 0.29) is 0 Å². The second kappa shape index (κ2) is 5.79. The molecule has 3 rings (SSSR count). The van der Waals surface area contributed by atoms with E-state index in [1.807, 2.05) is 12.1 Å². The summed E-state index contributed by atoms with van der Waals surface area (Å²) in [7, 11) is 0. The predicted molar refractivity (Wildman–Crippen MR) is 85.2 cm³/mol. The van der Waals surface area contributed by atoms with Crippen LogP contribution < -0.4 is 4.74 Å². The number of hydrogen-bond donors (Lipinski definition) is 1. The fourth-order valence-corrected chi connectivity index (χ4v) is 3.73. The highest BCUT2D eigenvalue weighted by molar-refractivity contribution is 6.30. The lowest BCUT2D eigenvalue weighted by Crippen LogP contribution is -2.47. The van der Waals surface area contributed by atoms with Gasteiger partial charge in [-0.3, -0.25) is 0 Å². The van der Waals surface area contributed by atoms with E-state index in [4.69, 9.17) is 16.3 Å². The van der Waals surface area contributed by atoms with Gasteiger partial charge in [0.05, 0.1) is 12.2 Å². The number of hydrogen-bond acceptors (Lipinski definition) is 3. The minimum absolute atomic E-state index is 0.549. The third-order valence-electron chi connectivity index (χ3n) is 4.80. The molecule has 1 aromatic carbocycles. The Morgan fingerprint density at radius 1 is 1.33 bits per heavy atom. The Balaban J connectivity index is 1.75. The van der Waals surface area contributed by atoms with Gasteiger partial charge < -0.3 is 14.7 Å². The van der Waals surface area contributed by atoms with E-state index in [9.17, 15) is 5.11 Å². The van der Waals surface area contributed by atoms with Crippen molar-refractivity contribution >= 4 is 11.6 Å². The van der Waals surface area contributed by atoms with Gasteiger partial charge in [0.25, 0.3) is 0 Å². The van der Waals surface area contributed by atoms with Crippen molar-refractivity contribution in [1.29, 1.82) is 0 Å². The van der Waals surface area contributed by atoms with Gasteiger partial charge in [-0.15, -0.1) is 0 Å². The second-order valence-corrected chi connectivity index (χ2v) is 7.12. The van der Waals surface area contributed by atoms with Crippen LogP contribution in [0.5, 0.6) is 5.75 Å². The maximum atomic E-state index is 10.9. The summed E-state index contributed by atoms with van der Waals surface area (Å²) >= 11 is 6.21. The van der Waals surface area contributed by atoms with E-state index in [1.54, 1.807) is 0 Å². The van der Waals surface area contributed by atoms with E-state index in [2.05, 4.69) is 18.7 Å². The predicted octanol–water partition coefficient (Wildman–Crippen LogP) is 3.05. The normalized spacial score (nSPS) is 21.4. The zero-order valence-corrected chi connectivity index (χ0v) is 13.6. The highest BCUT2D eigenvalue weighted by atomic mass is 35.5. The molecule has 1 saturated heterocycles. The lowest BCUT2D eigenvalue weighted by molar-refractivity contribution is -0.0274. The number of nitrogens with zero attached hydrogens (tertiary/aromatic N) is 1. The van der Waals surface area contributed by atoms with Crippen LogP contribution in [0.1, 0.15) is 37.8 Å². The molecule has 3 nitrogen and oxygen atoms in total. The van der Waals surface area contributed by atoms with Gasteiger partial charge in [0.2, 0.25) is 0 Å². The Labute approximate surface area is 131 Å². The van der Waals surface area contributed by atoms with Crippen molar-refractivity contribution in [2.75, 3.05) is 19.7 Å². The standard InChI is InChI=1S/C17H24ClNO2/c1-12(2)19-6-4-17(20,5-7-19)11-14-10-15(18)9-13-3-8-21-16(13)14/h9-10,12,20H,3-8,11H2,1-2H3. The Morgan fingerprint density at radius 3 is 2.71 bits per heavy atom. The number of halogens is 1. The maximum Gasteiger partial charge on any atom is 0.126 e. The average molecular weight is 310 g/mol. The van der Waals surface area contributed by atoms with Crippen molar-refractivity contribution in [3.05, 3.63) is 28.3 Å². The van der Waals surface area contributed by atoms with Crippen LogP contribution in [0.25, 0.3) is 0 Å². The van der Waals surface area contributed by atoms with Gasteiger partial charge in [0.1, 0.15) is 5.75 Å². The van der Waals surface area contributed by atoms with Gasteiger partial charge in [0, 0.05) is 37.0 Å². The van der Waals surface area contributed by atoms with Crippen LogP contribution in [0.15, 0.2) is 12.1 Å². The van der Waals surface area contributed by atoms with E-state index < -0.39 is 5.60 Å². The lowest BCUT2D eigenvalue weighted by Gasteiger charge is -2.40. The third kappa shape index (κ3) is 3.20. The first-order chi connectivity index (χ1) is 9.97. The van der Waals surface area contributed by atoms with E-state index in [0.29, 0.717) is 12.5 Å². The Hall–Kier alpha value is -0.770. The molecule has 2 heterocycles. The molecule has 1 fully saturated rings. The van der Waals surface area contributed by atoms with Crippen LogP contribution in [0.4, 0.5) is 0 Å². The van der Waals surface area contributed by atoms with Crippen molar-refractivity contribution < 1.29 is 9.84 Å². The highest BCUT2D eigenvalue weighted by Crippen LogP contribution is 2.37. The Kier molecular flexibility index (Phi) is 4.17. The van der Waals surface area contributed by atoms with Gasteiger partial charge in [-0.1, -0.05) is 11.6 Å². The molecule has 21 heavy (non-hydrogen) atoms. The number of rotatable bonds is 3. The van der Waals surface area contributed by atoms with Crippen molar-refractivity contribution in [3.63, 3.8) is 0 Å². The van der Waals surface area contributed by atoms with E-state index >= 15 is 0 Å².